The topological polar surface area (TPSA) is 49.3 Å². The molecule has 0 radical (unpaired) electrons. The van der Waals surface area contributed by atoms with Gasteiger partial charge in [0.2, 0.25) is 5.91 Å². The lowest BCUT2D eigenvalue weighted by Gasteiger charge is -1.95. The van der Waals surface area contributed by atoms with E-state index in [1.165, 1.54) is 6.92 Å². The summed E-state index contributed by atoms with van der Waals surface area (Å²) in [6.45, 7) is 1.81. The largest absolute Gasteiger partial charge is 0.392 e. The summed E-state index contributed by atoms with van der Waals surface area (Å²) in [6.07, 6.45) is 0. The van der Waals surface area contributed by atoms with Crippen molar-refractivity contribution >= 4 is 5.91 Å². The normalized spacial score (nSPS) is 8.93. The Morgan fingerprint density at radius 2 is 2.33 bits per heavy atom. The maximum Gasteiger partial charge on any atom is 0.217 e. The van der Waals surface area contributed by atoms with Gasteiger partial charge in [-0.05, 0) is 17.7 Å². The van der Waals surface area contributed by atoms with Crippen LogP contribution in [0.25, 0.3) is 0 Å². The van der Waals surface area contributed by atoms with E-state index >= 15 is 0 Å². The Labute approximate surface area is 89.1 Å². The predicted octanol–water partition coefficient (Wildman–Crippen LogP) is 0.667. The summed E-state index contributed by atoms with van der Waals surface area (Å²) in [4.78, 5) is 10.5. The number of rotatable bonds is 2. The average Bonchev–Trinajstić information content (AvgIpc) is 2.24. The van der Waals surface area contributed by atoms with Crippen LogP contribution in [-0.4, -0.2) is 17.6 Å². The molecule has 0 bridgehead atoms. The zero-order chi connectivity index (χ0) is 11.1. The van der Waals surface area contributed by atoms with Crippen LogP contribution >= 0.6 is 0 Å². The van der Waals surface area contributed by atoms with Crippen LogP contribution in [0.15, 0.2) is 24.3 Å². The van der Waals surface area contributed by atoms with Crippen LogP contribution in [-0.2, 0) is 11.4 Å². The second-order valence-corrected chi connectivity index (χ2v) is 3.07. The summed E-state index contributed by atoms with van der Waals surface area (Å²) >= 11 is 0. The highest BCUT2D eigenvalue weighted by Gasteiger charge is 1.90. The second-order valence-electron chi connectivity index (χ2n) is 3.07. The zero-order valence-corrected chi connectivity index (χ0v) is 8.58. The van der Waals surface area contributed by atoms with E-state index in [2.05, 4.69) is 17.2 Å². The molecule has 15 heavy (non-hydrogen) atoms. The average molecular weight is 203 g/mol. The third-order valence-electron chi connectivity index (χ3n) is 1.77. The molecule has 78 valence electrons. The molecule has 0 aliphatic heterocycles. The molecule has 0 aliphatic rings. The fourth-order valence-corrected chi connectivity index (χ4v) is 1.06. The molecule has 0 fully saturated rings. The van der Waals surface area contributed by atoms with Gasteiger partial charge in [-0.2, -0.15) is 0 Å². The number of aliphatic hydroxyl groups is 1. The first-order chi connectivity index (χ1) is 7.22. The lowest BCUT2D eigenvalue weighted by molar-refractivity contribution is -0.118. The third kappa shape index (κ3) is 4.30. The molecular weight excluding hydrogens is 190 g/mol. The van der Waals surface area contributed by atoms with Crippen molar-refractivity contribution in [3.8, 4) is 11.8 Å². The minimum Gasteiger partial charge on any atom is -0.392 e. The van der Waals surface area contributed by atoms with Crippen LogP contribution in [0.1, 0.15) is 18.1 Å². The second kappa shape index (κ2) is 5.84. The predicted molar refractivity (Wildman–Crippen MR) is 57.9 cm³/mol. The van der Waals surface area contributed by atoms with Crippen molar-refractivity contribution in [1.82, 2.24) is 5.32 Å². The molecule has 0 aromatic heterocycles. The minimum absolute atomic E-state index is 0.0151. The van der Waals surface area contributed by atoms with Crippen LogP contribution in [0, 0.1) is 11.8 Å². The van der Waals surface area contributed by atoms with Crippen molar-refractivity contribution < 1.29 is 9.90 Å². The summed E-state index contributed by atoms with van der Waals surface area (Å²) in [7, 11) is 0. The zero-order valence-electron chi connectivity index (χ0n) is 8.58. The molecular formula is C12H13NO2. The Kier molecular flexibility index (Phi) is 4.39. The number of amides is 1. The van der Waals surface area contributed by atoms with Crippen LogP contribution in [0.2, 0.25) is 0 Å². The highest BCUT2D eigenvalue weighted by atomic mass is 16.3. The summed E-state index contributed by atoms with van der Waals surface area (Å²) < 4.78 is 0. The van der Waals surface area contributed by atoms with Crippen LogP contribution in [0.4, 0.5) is 0 Å². The number of nitrogens with one attached hydrogen (secondary N) is 1. The Bertz CT molecular complexity index is 402. The van der Waals surface area contributed by atoms with Gasteiger partial charge in [-0.15, -0.1) is 0 Å². The fraction of sp³-hybridized carbons (Fsp3) is 0.250. The van der Waals surface area contributed by atoms with Crippen LogP contribution < -0.4 is 5.32 Å². The van der Waals surface area contributed by atoms with E-state index in [1.54, 1.807) is 0 Å². The highest BCUT2D eigenvalue weighted by Crippen LogP contribution is 2.03. The van der Waals surface area contributed by atoms with Gasteiger partial charge in [0.25, 0.3) is 0 Å². The van der Waals surface area contributed by atoms with Gasteiger partial charge in [0, 0.05) is 12.5 Å². The number of carbonyl (C=O) groups excluding carboxylic acids is 1. The number of hydrogen-bond acceptors (Lipinski definition) is 2. The lowest BCUT2D eigenvalue weighted by atomic mass is 10.1. The van der Waals surface area contributed by atoms with E-state index < -0.39 is 0 Å². The number of hydrogen-bond donors (Lipinski definition) is 2. The smallest absolute Gasteiger partial charge is 0.217 e. The molecule has 0 unspecified atom stereocenters. The van der Waals surface area contributed by atoms with Crippen molar-refractivity contribution in [2.75, 3.05) is 6.54 Å². The van der Waals surface area contributed by atoms with Gasteiger partial charge >= 0.3 is 0 Å². The Balaban J connectivity index is 2.59. The van der Waals surface area contributed by atoms with Gasteiger partial charge in [-0.25, -0.2) is 0 Å². The van der Waals surface area contributed by atoms with E-state index in [0.717, 1.165) is 11.1 Å². The number of carbonyl (C=O) groups is 1. The maximum absolute atomic E-state index is 10.5. The van der Waals surface area contributed by atoms with Gasteiger partial charge < -0.3 is 10.4 Å². The molecule has 0 heterocycles. The van der Waals surface area contributed by atoms with Crippen molar-refractivity contribution in [3.63, 3.8) is 0 Å². The maximum atomic E-state index is 10.5. The molecule has 3 heteroatoms. The molecule has 2 N–H and O–H groups in total. The third-order valence-corrected chi connectivity index (χ3v) is 1.77. The fourth-order valence-electron chi connectivity index (χ4n) is 1.06. The van der Waals surface area contributed by atoms with E-state index in [1.807, 2.05) is 24.3 Å². The molecule has 0 aliphatic carbocycles. The standard InChI is InChI=1S/C12H13NO2/c1-10(15)13-7-3-6-11-4-2-5-12(8-11)9-14/h2,4-5,8,14H,7,9H2,1H3,(H,13,15). The van der Waals surface area contributed by atoms with Crippen molar-refractivity contribution in [1.29, 1.82) is 0 Å². The first-order valence-corrected chi connectivity index (χ1v) is 4.65. The number of benzene rings is 1. The Morgan fingerprint density at radius 3 is 3.00 bits per heavy atom. The van der Waals surface area contributed by atoms with E-state index in [9.17, 15) is 4.79 Å². The summed E-state index contributed by atoms with van der Waals surface area (Å²) in [6, 6.07) is 7.35. The molecule has 1 amide bonds. The Morgan fingerprint density at radius 1 is 1.53 bits per heavy atom. The number of aliphatic hydroxyl groups excluding tert-OH is 1. The summed E-state index contributed by atoms with van der Waals surface area (Å²) in [5.74, 6) is 5.63. The monoisotopic (exact) mass is 203 g/mol. The molecule has 0 atom stereocenters. The quantitative estimate of drug-likeness (QED) is 0.694. The lowest BCUT2D eigenvalue weighted by Crippen LogP contribution is -2.19. The van der Waals surface area contributed by atoms with Crippen LogP contribution in [0.3, 0.4) is 0 Å². The van der Waals surface area contributed by atoms with Crippen molar-refractivity contribution in [3.05, 3.63) is 35.4 Å². The molecule has 1 aromatic rings. The van der Waals surface area contributed by atoms with Gasteiger partial charge in [0.1, 0.15) is 0 Å². The van der Waals surface area contributed by atoms with Gasteiger partial charge in [0.05, 0.1) is 13.2 Å². The van der Waals surface area contributed by atoms with E-state index in [0.29, 0.717) is 6.54 Å². The summed E-state index contributed by atoms with van der Waals surface area (Å²) in [5.41, 5.74) is 1.67. The van der Waals surface area contributed by atoms with Crippen molar-refractivity contribution in [2.24, 2.45) is 0 Å². The molecule has 1 aromatic carbocycles. The molecule has 0 saturated carbocycles. The van der Waals surface area contributed by atoms with Gasteiger partial charge in [-0.1, -0.05) is 24.0 Å². The Hall–Kier alpha value is -1.79. The first-order valence-electron chi connectivity index (χ1n) is 4.65. The molecule has 0 spiro atoms. The van der Waals surface area contributed by atoms with E-state index in [4.69, 9.17) is 5.11 Å². The van der Waals surface area contributed by atoms with E-state index in [-0.39, 0.29) is 12.5 Å². The van der Waals surface area contributed by atoms with Gasteiger partial charge in [-0.3, -0.25) is 4.79 Å². The molecule has 3 nitrogen and oxygen atoms in total. The van der Waals surface area contributed by atoms with Crippen LogP contribution in [0.5, 0.6) is 0 Å². The SMILES string of the molecule is CC(=O)NCC#Cc1cccc(CO)c1. The first kappa shape index (κ1) is 11.3. The summed E-state index contributed by atoms with van der Waals surface area (Å²) in [5, 5.41) is 11.5. The van der Waals surface area contributed by atoms with Crippen molar-refractivity contribution in [2.45, 2.75) is 13.5 Å². The minimum atomic E-state index is -0.0894. The molecule has 1 rings (SSSR count). The molecule has 0 saturated heterocycles. The highest BCUT2D eigenvalue weighted by molar-refractivity contribution is 5.73. The van der Waals surface area contributed by atoms with Gasteiger partial charge in [0.15, 0.2) is 0 Å².